The smallest absolute Gasteiger partial charge is 0.271 e. The minimum Gasteiger partial charge on any atom is -0.342 e. The van der Waals surface area contributed by atoms with Crippen molar-refractivity contribution in [2.24, 2.45) is 0 Å². The maximum absolute atomic E-state index is 12.2. The highest BCUT2D eigenvalue weighted by molar-refractivity contribution is 7.20. The van der Waals surface area contributed by atoms with E-state index in [2.05, 4.69) is 15.6 Å². The van der Waals surface area contributed by atoms with Gasteiger partial charge < -0.3 is 10.6 Å². The molecule has 0 unspecified atom stereocenters. The van der Waals surface area contributed by atoms with E-state index in [-0.39, 0.29) is 18.4 Å². The van der Waals surface area contributed by atoms with E-state index in [0.29, 0.717) is 5.69 Å². The number of aryl methyl sites for hydroxylation is 1. The van der Waals surface area contributed by atoms with Crippen molar-refractivity contribution in [1.29, 1.82) is 0 Å². The van der Waals surface area contributed by atoms with Crippen LogP contribution >= 0.6 is 22.7 Å². The van der Waals surface area contributed by atoms with Crippen LogP contribution in [0.3, 0.4) is 0 Å². The molecule has 0 spiro atoms. The van der Waals surface area contributed by atoms with E-state index in [9.17, 15) is 9.59 Å². The van der Waals surface area contributed by atoms with Crippen LogP contribution in [0.1, 0.15) is 23.0 Å². The lowest BCUT2D eigenvalue weighted by Gasteiger charge is -2.09. The molecule has 7 heteroatoms. The van der Waals surface area contributed by atoms with Crippen LogP contribution < -0.4 is 10.6 Å². The van der Waals surface area contributed by atoms with Crippen LogP contribution in [0.4, 0.5) is 5.69 Å². The molecule has 0 saturated carbocycles. The molecular weight excluding hydrogens is 354 g/mol. The molecule has 3 rings (SSSR count). The van der Waals surface area contributed by atoms with E-state index in [0.717, 1.165) is 27.6 Å². The fourth-order valence-corrected chi connectivity index (χ4v) is 3.90. The van der Waals surface area contributed by atoms with Crippen LogP contribution in [-0.2, 0) is 11.2 Å². The van der Waals surface area contributed by atoms with E-state index in [1.54, 1.807) is 16.7 Å². The molecule has 2 amide bonds. The van der Waals surface area contributed by atoms with Gasteiger partial charge in [-0.25, -0.2) is 4.98 Å². The number of hydrogen-bond acceptors (Lipinski definition) is 5. The summed E-state index contributed by atoms with van der Waals surface area (Å²) < 4.78 is 0. The summed E-state index contributed by atoms with van der Waals surface area (Å²) in [6.07, 6.45) is 0.827. The first-order valence-corrected chi connectivity index (χ1v) is 9.58. The molecule has 0 atom stereocenters. The second-order valence-electron chi connectivity index (χ2n) is 5.26. The number of nitrogens with zero attached hydrogens (tertiary/aromatic N) is 1. The first-order valence-electron chi connectivity index (χ1n) is 7.82. The van der Waals surface area contributed by atoms with E-state index in [4.69, 9.17) is 0 Å². The predicted octanol–water partition coefficient (Wildman–Crippen LogP) is 3.80. The van der Waals surface area contributed by atoms with Gasteiger partial charge in [0.15, 0.2) is 0 Å². The quantitative estimate of drug-likeness (QED) is 0.692. The number of nitrogens with one attached hydrogen (secondary N) is 2. The molecule has 0 radical (unpaired) electrons. The van der Waals surface area contributed by atoms with Crippen molar-refractivity contribution in [3.05, 3.63) is 58.4 Å². The number of thiophene rings is 1. The van der Waals surface area contributed by atoms with Crippen molar-refractivity contribution in [3.63, 3.8) is 0 Å². The van der Waals surface area contributed by atoms with Crippen LogP contribution in [0, 0.1) is 0 Å². The zero-order valence-electron chi connectivity index (χ0n) is 13.6. The number of carbonyl (C=O) groups excluding carboxylic acids is 2. The fraction of sp³-hybridized carbons (Fsp3) is 0.167. The van der Waals surface area contributed by atoms with E-state index < -0.39 is 0 Å². The average molecular weight is 371 g/mol. The number of benzene rings is 1. The Morgan fingerprint density at radius 1 is 1.12 bits per heavy atom. The lowest BCUT2D eigenvalue weighted by molar-refractivity contribution is -0.115. The first kappa shape index (κ1) is 17.3. The topological polar surface area (TPSA) is 71.1 Å². The van der Waals surface area contributed by atoms with Gasteiger partial charge in [-0.3, -0.25) is 9.59 Å². The van der Waals surface area contributed by atoms with Crippen molar-refractivity contribution >= 4 is 40.2 Å². The van der Waals surface area contributed by atoms with Gasteiger partial charge in [0.05, 0.1) is 11.4 Å². The molecule has 2 N–H and O–H groups in total. The van der Waals surface area contributed by atoms with Crippen LogP contribution in [0.2, 0.25) is 0 Å². The zero-order valence-corrected chi connectivity index (χ0v) is 15.2. The standard InChI is InChI=1S/C18H17N3O2S2/c1-2-12-6-3-4-7-13(12)20-16(22)10-19-17(23)14-11-25-18(21-14)15-8-5-9-24-15/h3-9,11H,2,10H2,1H3,(H,19,23)(H,20,22). The third-order valence-corrected chi connectivity index (χ3v) is 5.43. The van der Waals surface area contributed by atoms with Gasteiger partial charge in [0.2, 0.25) is 5.91 Å². The number of hydrogen-bond donors (Lipinski definition) is 2. The van der Waals surface area contributed by atoms with Crippen molar-refractivity contribution in [3.8, 4) is 9.88 Å². The molecule has 0 aliphatic rings. The molecule has 2 aromatic heterocycles. The SMILES string of the molecule is CCc1ccccc1NC(=O)CNC(=O)c1csc(-c2cccs2)n1. The fourth-order valence-electron chi connectivity index (χ4n) is 2.29. The van der Waals surface area contributed by atoms with E-state index >= 15 is 0 Å². The van der Waals surface area contributed by atoms with Gasteiger partial charge in [0.1, 0.15) is 10.7 Å². The van der Waals surface area contributed by atoms with Crippen molar-refractivity contribution in [2.75, 3.05) is 11.9 Å². The van der Waals surface area contributed by atoms with Crippen molar-refractivity contribution < 1.29 is 9.59 Å². The Hall–Kier alpha value is -2.51. The maximum atomic E-state index is 12.2. The molecule has 0 aliphatic carbocycles. The van der Waals surface area contributed by atoms with Crippen molar-refractivity contribution in [2.45, 2.75) is 13.3 Å². The Kier molecular flexibility index (Phi) is 5.57. The highest BCUT2D eigenvalue weighted by Gasteiger charge is 2.14. The van der Waals surface area contributed by atoms with Gasteiger partial charge in [-0.05, 0) is 29.5 Å². The summed E-state index contributed by atoms with van der Waals surface area (Å²) in [5.41, 5.74) is 2.16. The Balaban J connectivity index is 1.56. The second-order valence-corrected chi connectivity index (χ2v) is 7.06. The highest BCUT2D eigenvalue weighted by atomic mass is 32.1. The largest absolute Gasteiger partial charge is 0.342 e. The zero-order chi connectivity index (χ0) is 17.6. The number of anilines is 1. The monoisotopic (exact) mass is 371 g/mol. The third kappa shape index (κ3) is 4.32. The molecule has 0 fully saturated rings. The lowest BCUT2D eigenvalue weighted by atomic mass is 10.1. The summed E-state index contributed by atoms with van der Waals surface area (Å²) in [7, 11) is 0. The van der Waals surface area contributed by atoms with Crippen LogP contribution in [-0.4, -0.2) is 23.3 Å². The molecule has 0 bridgehead atoms. The number of rotatable bonds is 6. The normalized spacial score (nSPS) is 10.4. The number of aromatic nitrogens is 1. The number of amides is 2. The minimum absolute atomic E-state index is 0.0945. The van der Waals surface area contributed by atoms with Crippen molar-refractivity contribution in [1.82, 2.24) is 10.3 Å². The predicted molar refractivity (Wildman–Crippen MR) is 102 cm³/mol. The maximum Gasteiger partial charge on any atom is 0.271 e. The Labute approximate surface area is 153 Å². The molecule has 25 heavy (non-hydrogen) atoms. The average Bonchev–Trinajstić information content (AvgIpc) is 3.31. The number of carbonyl (C=O) groups is 2. The Morgan fingerprint density at radius 2 is 1.96 bits per heavy atom. The van der Waals surface area contributed by atoms with Gasteiger partial charge in [0, 0.05) is 11.1 Å². The van der Waals surface area contributed by atoms with E-state index in [1.807, 2.05) is 48.7 Å². The second kappa shape index (κ2) is 8.04. The molecular formula is C18H17N3O2S2. The van der Waals surface area contributed by atoms with Gasteiger partial charge in [-0.15, -0.1) is 22.7 Å². The summed E-state index contributed by atoms with van der Waals surface area (Å²) in [6.45, 7) is 1.93. The number of para-hydroxylation sites is 1. The van der Waals surface area contributed by atoms with Gasteiger partial charge in [-0.2, -0.15) is 0 Å². The molecule has 1 aromatic carbocycles. The van der Waals surface area contributed by atoms with Crippen LogP contribution in [0.25, 0.3) is 9.88 Å². The molecule has 128 valence electrons. The van der Waals surface area contributed by atoms with E-state index in [1.165, 1.54) is 11.3 Å². The third-order valence-electron chi connectivity index (χ3n) is 3.55. The Bertz CT molecular complexity index is 872. The van der Waals surface area contributed by atoms with Gasteiger partial charge in [-0.1, -0.05) is 31.2 Å². The molecule has 0 saturated heterocycles. The summed E-state index contributed by atoms with van der Waals surface area (Å²) >= 11 is 2.99. The summed E-state index contributed by atoms with van der Waals surface area (Å²) in [6, 6.07) is 11.5. The lowest BCUT2D eigenvalue weighted by Crippen LogP contribution is -2.33. The van der Waals surface area contributed by atoms with Gasteiger partial charge in [0.25, 0.3) is 5.91 Å². The summed E-state index contributed by atoms with van der Waals surface area (Å²) in [4.78, 5) is 29.6. The summed E-state index contributed by atoms with van der Waals surface area (Å²) in [5.74, 6) is -0.610. The summed E-state index contributed by atoms with van der Waals surface area (Å²) in [5, 5.41) is 9.91. The highest BCUT2D eigenvalue weighted by Crippen LogP contribution is 2.27. The van der Waals surface area contributed by atoms with Crippen LogP contribution in [0.5, 0.6) is 0 Å². The Morgan fingerprint density at radius 3 is 2.72 bits per heavy atom. The first-order chi connectivity index (χ1) is 12.2. The van der Waals surface area contributed by atoms with Crippen LogP contribution in [0.15, 0.2) is 47.2 Å². The molecule has 3 aromatic rings. The minimum atomic E-state index is -0.349. The van der Waals surface area contributed by atoms with Gasteiger partial charge >= 0.3 is 0 Å². The number of thiazole rings is 1. The molecule has 2 heterocycles. The molecule has 0 aliphatic heterocycles. The molecule has 5 nitrogen and oxygen atoms in total.